The highest BCUT2D eigenvalue weighted by Gasteiger charge is 2.23. The molecule has 6 nitrogen and oxygen atoms in total. The van der Waals surface area contributed by atoms with Crippen LogP contribution < -0.4 is 10.0 Å². The van der Waals surface area contributed by atoms with Crippen LogP contribution in [-0.4, -0.2) is 48.8 Å². The maximum Gasteiger partial charge on any atom is 0.243 e. The van der Waals surface area contributed by atoms with Crippen LogP contribution >= 0.6 is 11.8 Å². The lowest BCUT2D eigenvalue weighted by molar-refractivity contribution is 0.540. The van der Waals surface area contributed by atoms with Crippen molar-refractivity contribution in [2.75, 3.05) is 24.6 Å². The van der Waals surface area contributed by atoms with Gasteiger partial charge < -0.3 is 5.32 Å². The number of nitrogens with one attached hydrogen (secondary N) is 2. The van der Waals surface area contributed by atoms with Gasteiger partial charge in [-0.15, -0.1) is 0 Å². The van der Waals surface area contributed by atoms with Crippen molar-refractivity contribution >= 4 is 21.8 Å². The molecule has 0 saturated carbocycles. The van der Waals surface area contributed by atoms with Crippen LogP contribution in [0.1, 0.15) is 26.2 Å². The SMILES string of the molecule is CCNCCCn1cc(S(=O)(=O)NC2CCCSC2)cn1. The van der Waals surface area contributed by atoms with Crippen LogP contribution in [0.2, 0.25) is 0 Å². The molecule has 0 bridgehead atoms. The van der Waals surface area contributed by atoms with E-state index in [0.29, 0.717) is 0 Å². The van der Waals surface area contributed by atoms with Crippen LogP contribution in [-0.2, 0) is 16.6 Å². The molecule has 1 unspecified atom stereocenters. The normalized spacial score (nSPS) is 19.8. The Hall–Kier alpha value is -0.570. The molecule has 0 aromatic carbocycles. The average molecular weight is 332 g/mol. The van der Waals surface area contributed by atoms with Gasteiger partial charge in [-0.2, -0.15) is 16.9 Å². The average Bonchev–Trinajstić information content (AvgIpc) is 2.94. The molecule has 0 radical (unpaired) electrons. The van der Waals surface area contributed by atoms with Gasteiger partial charge in [0.2, 0.25) is 10.0 Å². The van der Waals surface area contributed by atoms with Crippen molar-refractivity contribution in [3.05, 3.63) is 12.4 Å². The second-order valence-corrected chi connectivity index (χ2v) is 8.05. The van der Waals surface area contributed by atoms with E-state index in [-0.39, 0.29) is 10.9 Å². The number of aromatic nitrogens is 2. The van der Waals surface area contributed by atoms with Crippen molar-refractivity contribution in [1.29, 1.82) is 0 Å². The zero-order valence-electron chi connectivity index (χ0n) is 12.4. The lowest BCUT2D eigenvalue weighted by Gasteiger charge is -2.21. The Labute approximate surface area is 131 Å². The third-order valence-electron chi connectivity index (χ3n) is 3.39. The largest absolute Gasteiger partial charge is 0.317 e. The number of hydrogen-bond acceptors (Lipinski definition) is 5. The molecule has 2 heterocycles. The number of hydrogen-bond donors (Lipinski definition) is 2. The lowest BCUT2D eigenvalue weighted by atomic mass is 10.2. The minimum atomic E-state index is -3.44. The molecule has 0 aliphatic carbocycles. The maximum atomic E-state index is 12.3. The van der Waals surface area contributed by atoms with Crippen molar-refractivity contribution in [3.8, 4) is 0 Å². The van der Waals surface area contributed by atoms with Gasteiger partial charge in [0.15, 0.2) is 0 Å². The zero-order chi connectivity index (χ0) is 15.1. The van der Waals surface area contributed by atoms with Gasteiger partial charge in [-0.25, -0.2) is 13.1 Å². The summed E-state index contributed by atoms with van der Waals surface area (Å²) in [6.07, 6.45) is 5.97. The Bertz CT molecular complexity index is 524. The minimum absolute atomic E-state index is 0.0471. The molecule has 2 N–H and O–H groups in total. The van der Waals surface area contributed by atoms with E-state index in [2.05, 4.69) is 22.1 Å². The summed E-state index contributed by atoms with van der Waals surface area (Å²) in [7, 11) is -3.44. The fourth-order valence-corrected chi connectivity index (χ4v) is 4.67. The second kappa shape index (κ2) is 8.17. The Morgan fingerprint density at radius 2 is 2.38 bits per heavy atom. The summed E-state index contributed by atoms with van der Waals surface area (Å²) in [5.41, 5.74) is 0. The standard InChI is InChI=1S/C13H24N4O2S2/c1-2-14-6-4-7-17-10-13(9-15-17)21(18,19)16-12-5-3-8-20-11-12/h9-10,12,14,16H,2-8,11H2,1H3. The van der Waals surface area contributed by atoms with Crippen LogP contribution in [0.15, 0.2) is 17.3 Å². The molecule has 120 valence electrons. The molecule has 1 aromatic rings. The summed E-state index contributed by atoms with van der Waals surface area (Å²) >= 11 is 1.81. The Morgan fingerprint density at radius 3 is 3.10 bits per heavy atom. The van der Waals surface area contributed by atoms with Crippen LogP contribution in [0.3, 0.4) is 0 Å². The van der Waals surface area contributed by atoms with Gasteiger partial charge >= 0.3 is 0 Å². The fraction of sp³-hybridized carbons (Fsp3) is 0.769. The summed E-state index contributed by atoms with van der Waals surface area (Å²) < 4.78 is 29.1. The molecule has 1 aliphatic heterocycles. The molecule has 1 aliphatic rings. The van der Waals surface area contributed by atoms with Crippen molar-refractivity contribution in [2.24, 2.45) is 0 Å². The molecule has 0 spiro atoms. The summed E-state index contributed by atoms with van der Waals surface area (Å²) in [5.74, 6) is 1.98. The number of rotatable bonds is 8. The van der Waals surface area contributed by atoms with Gasteiger partial charge in [-0.3, -0.25) is 4.68 Å². The van der Waals surface area contributed by atoms with E-state index >= 15 is 0 Å². The first-order valence-electron chi connectivity index (χ1n) is 7.45. The van der Waals surface area contributed by atoms with E-state index in [9.17, 15) is 8.42 Å². The highest BCUT2D eigenvalue weighted by molar-refractivity contribution is 7.99. The highest BCUT2D eigenvalue weighted by Crippen LogP contribution is 2.19. The van der Waals surface area contributed by atoms with Crippen molar-refractivity contribution in [2.45, 2.75) is 43.7 Å². The monoisotopic (exact) mass is 332 g/mol. The van der Waals surface area contributed by atoms with Gasteiger partial charge in [-0.1, -0.05) is 6.92 Å². The summed E-state index contributed by atoms with van der Waals surface area (Å²) in [6, 6.07) is 0.0471. The zero-order valence-corrected chi connectivity index (χ0v) is 14.0. The van der Waals surface area contributed by atoms with E-state index in [1.807, 2.05) is 0 Å². The second-order valence-electron chi connectivity index (χ2n) is 5.18. The molecule has 21 heavy (non-hydrogen) atoms. The van der Waals surface area contributed by atoms with Crippen LogP contribution in [0.25, 0.3) is 0 Å². The first-order valence-corrected chi connectivity index (χ1v) is 10.1. The molecule has 1 saturated heterocycles. The molecule has 1 fully saturated rings. The summed E-state index contributed by atoms with van der Waals surface area (Å²) in [4.78, 5) is 0.265. The van der Waals surface area contributed by atoms with Gasteiger partial charge in [0.05, 0.1) is 6.20 Å². The smallest absolute Gasteiger partial charge is 0.243 e. The van der Waals surface area contributed by atoms with E-state index in [0.717, 1.165) is 50.4 Å². The lowest BCUT2D eigenvalue weighted by Crippen LogP contribution is -2.38. The van der Waals surface area contributed by atoms with E-state index in [4.69, 9.17) is 0 Å². The molecule has 0 amide bonds. The van der Waals surface area contributed by atoms with Crippen LogP contribution in [0.5, 0.6) is 0 Å². The molecular weight excluding hydrogens is 308 g/mol. The first-order chi connectivity index (χ1) is 10.1. The predicted octanol–water partition coefficient (Wildman–Crippen LogP) is 1.06. The van der Waals surface area contributed by atoms with E-state index < -0.39 is 10.0 Å². The Kier molecular flexibility index (Phi) is 6.53. The van der Waals surface area contributed by atoms with Crippen molar-refractivity contribution in [3.63, 3.8) is 0 Å². The number of aryl methyl sites for hydroxylation is 1. The number of sulfonamides is 1. The number of thioether (sulfide) groups is 1. The van der Waals surface area contributed by atoms with Crippen LogP contribution in [0.4, 0.5) is 0 Å². The van der Waals surface area contributed by atoms with Crippen LogP contribution in [0, 0.1) is 0 Å². The summed E-state index contributed by atoms with van der Waals surface area (Å²) in [5, 5.41) is 7.37. The van der Waals surface area contributed by atoms with Gasteiger partial charge in [0.1, 0.15) is 4.90 Å². The molecular formula is C13H24N4O2S2. The third kappa shape index (κ3) is 5.28. The number of nitrogens with zero attached hydrogens (tertiary/aromatic N) is 2. The van der Waals surface area contributed by atoms with Gasteiger partial charge in [0, 0.05) is 24.5 Å². The van der Waals surface area contributed by atoms with E-state index in [1.165, 1.54) is 6.20 Å². The maximum absolute atomic E-state index is 12.3. The Morgan fingerprint density at radius 1 is 1.52 bits per heavy atom. The van der Waals surface area contributed by atoms with Gasteiger partial charge in [0.25, 0.3) is 0 Å². The quantitative estimate of drug-likeness (QED) is 0.696. The highest BCUT2D eigenvalue weighted by atomic mass is 32.2. The molecule has 1 aromatic heterocycles. The minimum Gasteiger partial charge on any atom is -0.317 e. The first kappa shape index (κ1) is 16.8. The topological polar surface area (TPSA) is 76.0 Å². The third-order valence-corrected chi connectivity index (χ3v) is 6.08. The van der Waals surface area contributed by atoms with Gasteiger partial charge in [-0.05, 0) is 38.1 Å². The van der Waals surface area contributed by atoms with Crippen molar-refractivity contribution < 1.29 is 8.42 Å². The fourth-order valence-electron chi connectivity index (χ4n) is 2.27. The molecule has 2 rings (SSSR count). The molecule has 1 atom stereocenters. The van der Waals surface area contributed by atoms with E-state index in [1.54, 1.807) is 22.6 Å². The predicted molar refractivity (Wildman–Crippen MR) is 86.1 cm³/mol. The Balaban J connectivity index is 1.89. The van der Waals surface area contributed by atoms with Crippen molar-refractivity contribution in [1.82, 2.24) is 19.8 Å². The summed E-state index contributed by atoms with van der Waals surface area (Å²) in [6.45, 7) is 4.65. The molecule has 8 heteroatoms.